The Kier molecular flexibility index (Phi) is 7.77. The number of benzene rings is 2. The molecule has 0 N–H and O–H groups in total. The second-order valence-corrected chi connectivity index (χ2v) is 15.4. The van der Waals surface area contributed by atoms with Crippen molar-refractivity contribution in [1.29, 1.82) is 0 Å². The molecule has 0 radical (unpaired) electrons. The molecule has 0 fully saturated rings. The van der Waals surface area contributed by atoms with Gasteiger partial charge >= 0.3 is 0 Å². The lowest BCUT2D eigenvalue weighted by molar-refractivity contribution is 0.0664. The van der Waals surface area contributed by atoms with Crippen LogP contribution in [-0.4, -0.2) is 29.0 Å². The van der Waals surface area contributed by atoms with E-state index >= 15 is 0 Å². The van der Waals surface area contributed by atoms with Gasteiger partial charge in [-0.1, -0.05) is 80.3 Å². The van der Waals surface area contributed by atoms with Crippen molar-refractivity contribution >= 4 is 19.0 Å². The van der Waals surface area contributed by atoms with Crippen LogP contribution in [0.4, 0.5) is 0 Å². The summed E-state index contributed by atoms with van der Waals surface area (Å²) in [5, 5.41) is 5.08. The van der Waals surface area contributed by atoms with Crippen molar-refractivity contribution in [3.63, 3.8) is 0 Å². The van der Waals surface area contributed by atoms with Crippen LogP contribution in [0.3, 0.4) is 0 Å². The Morgan fingerprint density at radius 1 is 0.882 bits per heavy atom. The van der Waals surface area contributed by atoms with Gasteiger partial charge in [0, 0.05) is 20.9 Å². The van der Waals surface area contributed by atoms with E-state index in [0.29, 0.717) is 31.8 Å². The fourth-order valence-electron chi connectivity index (χ4n) is 3.84. The van der Waals surface area contributed by atoms with Crippen LogP contribution < -0.4 is 5.56 Å². The predicted molar refractivity (Wildman–Crippen MR) is 139 cm³/mol. The van der Waals surface area contributed by atoms with Crippen molar-refractivity contribution in [3.05, 3.63) is 100 Å². The summed E-state index contributed by atoms with van der Waals surface area (Å²) in [5.74, 6) is 0. The third kappa shape index (κ3) is 6.31. The molecule has 0 spiro atoms. The van der Waals surface area contributed by atoms with E-state index in [2.05, 4.69) is 36.9 Å². The molecule has 0 aliphatic carbocycles. The molecule has 2 aromatic carbocycles. The minimum Gasteiger partial charge on any atom is -0.359 e. The maximum atomic E-state index is 13.4. The average Bonchev–Trinajstić information content (AvgIpc) is 3.16. The molecule has 0 atom stereocenters. The molecule has 0 saturated carbocycles. The first-order valence-electron chi connectivity index (χ1n) is 11.7. The van der Waals surface area contributed by atoms with E-state index < -0.39 is 8.07 Å². The predicted octanol–water partition coefficient (Wildman–Crippen LogP) is 5.28. The van der Waals surface area contributed by atoms with E-state index in [4.69, 9.17) is 9.47 Å². The molecule has 0 unspecified atom stereocenters. The summed E-state index contributed by atoms with van der Waals surface area (Å²) in [6.45, 7) is 8.59. The minimum atomic E-state index is -1.19. The van der Waals surface area contributed by atoms with Crippen LogP contribution in [0.25, 0.3) is 10.9 Å². The largest absolute Gasteiger partial charge is 0.359 e. The van der Waals surface area contributed by atoms with E-state index in [1.54, 1.807) is 6.20 Å². The lowest BCUT2D eigenvalue weighted by Gasteiger charge is -2.15. The third-order valence-electron chi connectivity index (χ3n) is 5.76. The van der Waals surface area contributed by atoms with Gasteiger partial charge in [-0.15, -0.1) is 0 Å². The Bertz CT molecular complexity index is 1260. The van der Waals surface area contributed by atoms with Crippen LogP contribution in [0, 0.1) is 0 Å². The fraction of sp³-hybridized carbons (Fsp3) is 0.333. The molecule has 2 aromatic heterocycles. The highest BCUT2D eigenvalue weighted by Gasteiger charge is 2.16. The summed E-state index contributed by atoms with van der Waals surface area (Å²) in [6.07, 6.45) is 4.43. The van der Waals surface area contributed by atoms with E-state index in [1.165, 1.54) is 4.68 Å². The number of ether oxygens (including phenoxy) is 2. The Labute approximate surface area is 201 Å². The van der Waals surface area contributed by atoms with E-state index in [0.717, 1.165) is 28.3 Å². The fourth-order valence-corrected chi connectivity index (χ4v) is 4.59. The maximum Gasteiger partial charge on any atom is 0.278 e. The van der Waals surface area contributed by atoms with Crippen molar-refractivity contribution in [1.82, 2.24) is 14.3 Å². The van der Waals surface area contributed by atoms with Gasteiger partial charge in [-0.05, 0) is 29.2 Å². The van der Waals surface area contributed by atoms with Crippen molar-refractivity contribution in [2.45, 2.75) is 52.2 Å². The summed E-state index contributed by atoms with van der Waals surface area (Å²) < 4.78 is 15.2. The normalized spacial score (nSPS) is 11.9. The standard InChI is InChI=1S/C27H33N3O3Si/c1-34(2,3)15-14-32-21-30-27(31)26-24(16-22-10-6-4-7-11-22)18-29(25(26)17-28-30)20-33-19-23-12-8-5-9-13-23/h4-13,17-18H,14-16,19-21H2,1-3H3. The summed E-state index contributed by atoms with van der Waals surface area (Å²) in [4.78, 5) is 13.4. The van der Waals surface area contributed by atoms with E-state index in [1.807, 2.05) is 59.3 Å². The monoisotopic (exact) mass is 475 g/mol. The first-order valence-corrected chi connectivity index (χ1v) is 15.4. The highest BCUT2D eigenvalue weighted by atomic mass is 28.3. The summed E-state index contributed by atoms with van der Waals surface area (Å²) in [6, 6.07) is 21.3. The van der Waals surface area contributed by atoms with Crippen molar-refractivity contribution in [2.75, 3.05) is 6.61 Å². The van der Waals surface area contributed by atoms with Crippen LogP contribution in [0.15, 0.2) is 77.9 Å². The zero-order chi connectivity index (χ0) is 24.0. The molecule has 0 saturated heterocycles. The van der Waals surface area contributed by atoms with Crippen LogP contribution in [-0.2, 0) is 36.0 Å². The number of hydrogen-bond acceptors (Lipinski definition) is 4. The molecule has 34 heavy (non-hydrogen) atoms. The first-order chi connectivity index (χ1) is 16.4. The lowest BCUT2D eigenvalue weighted by atomic mass is 10.1. The second kappa shape index (κ2) is 10.9. The molecule has 2 heterocycles. The molecule has 0 aliphatic heterocycles. The van der Waals surface area contributed by atoms with Crippen LogP contribution in [0.2, 0.25) is 25.7 Å². The summed E-state index contributed by atoms with van der Waals surface area (Å²) in [5.41, 5.74) is 3.88. The number of fused-ring (bicyclic) bond motifs is 1. The van der Waals surface area contributed by atoms with Gasteiger partial charge in [0.05, 0.1) is 23.7 Å². The summed E-state index contributed by atoms with van der Waals surface area (Å²) >= 11 is 0. The quantitative estimate of drug-likeness (QED) is 0.219. The Morgan fingerprint density at radius 2 is 1.56 bits per heavy atom. The number of nitrogens with zero attached hydrogens (tertiary/aromatic N) is 3. The van der Waals surface area contributed by atoms with Gasteiger partial charge in [-0.3, -0.25) is 4.79 Å². The van der Waals surface area contributed by atoms with Crippen molar-refractivity contribution < 1.29 is 9.47 Å². The van der Waals surface area contributed by atoms with Crippen LogP contribution >= 0.6 is 0 Å². The minimum absolute atomic E-state index is 0.127. The van der Waals surface area contributed by atoms with Gasteiger partial charge in [0.15, 0.2) is 0 Å². The highest BCUT2D eigenvalue weighted by molar-refractivity contribution is 6.76. The van der Waals surface area contributed by atoms with Gasteiger partial charge < -0.3 is 14.0 Å². The molecule has 0 aliphatic rings. The van der Waals surface area contributed by atoms with E-state index in [9.17, 15) is 4.79 Å². The molecular weight excluding hydrogens is 442 g/mol. The molecule has 178 valence electrons. The SMILES string of the molecule is C[Si](C)(C)CCOCn1ncc2c(c(Cc3ccccc3)cn2COCc2ccccc2)c1=O. The molecule has 4 rings (SSSR count). The van der Waals surface area contributed by atoms with Gasteiger partial charge in [0.25, 0.3) is 5.56 Å². The zero-order valence-electron chi connectivity index (χ0n) is 20.2. The Balaban J connectivity index is 1.58. The number of hydrogen-bond donors (Lipinski definition) is 0. The first kappa shape index (κ1) is 24.1. The number of rotatable bonds is 11. The second-order valence-electron chi connectivity index (χ2n) is 9.81. The van der Waals surface area contributed by atoms with Gasteiger partial charge in [-0.2, -0.15) is 5.10 Å². The molecular formula is C27H33N3O3Si. The zero-order valence-corrected chi connectivity index (χ0v) is 21.2. The lowest BCUT2D eigenvalue weighted by Crippen LogP contribution is -2.26. The Hall–Kier alpha value is -3.00. The van der Waals surface area contributed by atoms with Crippen LogP contribution in [0.1, 0.15) is 16.7 Å². The van der Waals surface area contributed by atoms with Crippen LogP contribution in [0.5, 0.6) is 0 Å². The van der Waals surface area contributed by atoms with Crippen molar-refractivity contribution in [3.8, 4) is 0 Å². The summed E-state index contributed by atoms with van der Waals surface area (Å²) in [7, 11) is -1.19. The van der Waals surface area contributed by atoms with Gasteiger partial charge in [0.1, 0.15) is 13.5 Å². The Morgan fingerprint density at radius 3 is 2.24 bits per heavy atom. The molecule has 7 heteroatoms. The smallest absolute Gasteiger partial charge is 0.278 e. The molecule has 0 bridgehead atoms. The number of aromatic nitrogens is 3. The molecule has 6 nitrogen and oxygen atoms in total. The topological polar surface area (TPSA) is 58.3 Å². The third-order valence-corrected chi connectivity index (χ3v) is 7.46. The maximum absolute atomic E-state index is 13.4. The van der Waals surface area contributed by atoms with E-state index in [-0.39, 0.29) is 12.3 Å². The van der Waals surface area contributed by atoms with Gasteiger partial charge in [-0.25, -0.2) is 4.68 Å². The van der Waals surface area contributed by atoms with Gasteiger partial charge in [0.2, 0.25) is 0 Å². The molecule has 4 aromatic rings. The highest BCUT2D eigenvalue weighted by Crippen LogP contribution is 2.21. The average molecular weight is 476 g/mol. The van der Waals surface area contributed by atoms with Crippen molar-refractivity contribution in [2.24, 2.45) is 0 Å². The molecule has 0 amide bonds.